The van der Waals surface area contributed by atoms with E-state index in [0.717, 1.165) is 12.8 Å². The Balaban J connectivity index is 1.68. The van der Waals surface area contributed by atoms with E-state index in [-0.39, 0.29) is 11.9 Å². The number of fused-ring (bicyclic) bond motifs is 2. The van der Waals surface area contributed by atoms with Crippen molar-refractivity contribution < 1.29 is 28.6 Å². The zero-order valence-corrected chi connectivity index (χ0v) is 20.4. The highest BCUT2D eigenvalue weighted by atomic mass is 16.5. The molecule has 0 saturated carbocycles. The highest BCUT2D eigenvalue weighted by molar-refractivity contribution is 6.38. The lowest BCUT2D eigenvalue weighted by molar-refractivity contribution is -0.156. The number of hydrogen-bond donors (Lipinski definition) is 0. The van der Waals surface area contributed by atoms with Crippen molar-refractivity contribution in [3.05, 3.63) is 18.2 Å². The molecule has 0 unspecified atom stereocenters. The van der Waals surface area contributed by atoms with Crippen LogP contribution in [0.15, 0.2) is 18.2 Å². The third kappa shape index (κ3) is 5.25. The highest BCUT2D eigenvalue weighted by Crippen LogP contribution is 2.33. The molecule has 182 valence electrons. The van der Waals surface area contributed by atoms with Gasteiger partial charge in [-0.15, -0.1) is 0 Å². The van der Waals surface area contributed by atoms with Crippen LogP contribution in [0, 0.1) is 5.41 Å². The predicted octanol–water partition coefficient (Wildman–Crippen LogP) is 3.07. The third-order valence-electron chi connectivity index (χ3n) is 6.99. The van der Waals surface area contributed by atoms with Gasteiger partial charge in [-0.05, 0) is 44.2 Å². The summed E-state index contributed by atoms with van der Waals surface area (Å²) in [5.74, 6) is 0.809. The molecule has 2 aliphatic heterocycles. The fourth-order valence-electron chi connectivity index (χ4n) is 4.51. The molecule has 0 radical (unpaired) electrons. The first-order chi connectivity index (χ1) is 15.7. The van der Waals surface area contributed by atoms with Crippen LogP contribution >= 0.6 is 0 Å². The minimum Gasteiger partial charge on any atom is -0.493 e. The smallest absolute Gasteiger partial charge is 0.291 e. The van der Waals surface area contributed by atoms with E-state index in [2.05, 4.69) is 0 Å². The monoisotopic (exact) mass is 460 g/mol. The molecule has 8 heteroatoms. The number of hydrogen-bond acceptors (Lipinski definition) is 6. The van der Waals surface area contributed by atoms with E-state index in [0.29, 0.717) is 56.2 Å². The third-order valence-corrected chi connectivity index (χ3v) is 6.99. The van der Waals surface area contributed by atoms with E-state index in [4.69, 9.17) is 14.2 Å². The zero-order valence-electron chi connectivity index (χ0n) is 20.4. The maximum absolute atomic E-state index is 13.4. The number of rotatable bonds is 9. The molecule has 3 rings (SSSR count). The molecule has 8 nitrogen and oxygen atoms in total. The number of benzene rings is 1. The summed E-state index contributed by atoms with van der Waals surface area (Å²) in [6.07, 6.45) is 3.55. The lowest BCUT2D eigenvalue weighted by atomic mass is 9.83. The average Bonchev–Trinajstić information content (AvgIpc) is 2.90. The summed E-state index contributed by atoms with van der Waals surface area (Å²) >= 11 is 0. The van der Waals surface area contributed by atoms with Crippen molar-refractivity contribution in [2.45, 2.75) is 65.0 Å². The molecular formula is C25H36N2O6. The molecule has 0 aliphatic carbocycles. The lowest BCUT2D eigenvalue weighted by Crippen LogP contribution is -2.57. The quantitative estimate of drug-likeness (QED) is 0.527. The van der Waals surface area contributed by atoms with Crippen LogP contribution in [0.1, 0.15) is 52.9 Å². The summed E-state index contributed by atoms with van der Waals surface area (Å²) < 4.78 is 16.4. The SMILES string of the molecule is CCC(C)(C)C(=O)C(=O)N1[C@@H]2CCC[C@H]1C(=O)N(CCOc1ccc(OC)c(OC)c1)CC2. The predicted molar refractivity (Wildman–Crippen MR) is 124 cm³/mol. The summed E-state index contributed by atoms with van der Waals surface area (Å²) in [4.78, 5) is 42.8. The second-order valence-corrected chi connectivity index (χ2v) is 9.36. The second-order valence-electron chi connectivity index (χ2n) is 9.36. The molecule has 2 aliphatic rings. The number of ketones is 1. The Bertz CT molecular complexity index is 884. The molecule has 33 heavy (non-hydrogen) atoms. The van der Waals surface area contributed by atoms with Crippen molar-refractivity contribution >= 4 is 17.6 Å². The Morgan fingerprint density at radius 2 is 1.82 bits per heavy atom. The summed E-state index contributed by atoms with van der Waals surface area (Å²) in [5, 5.41) is 0. The van der Waals surface area contributed by atoms with Crippen molar-refractivity contribution in [3.63, 3.8) is 0 Å². The minimum absolute atomic E-state index is 0.0754. The number of nitrogens with zero attached hydrogens (tertiary/aromatic N) is 2. The lowest BCUT2D eigenvalue weighted by Gasteiger charge is -2.40. The molecule has 2 heterocycles. The molecule has 1 aromatic rings. The summed E-state index contributed by atoms with van der Waals surface area (Å²) in [5.41, 5.74) is -0.728. The molecule has 2 fully saturated rings. The standard InChI is InChI=1S/C25H36N2O6/c1-6-25(2,3)22(28)24(30)27-17-8-7-9-19(27)23(29)26(13-12-17)14-15-33-18-10-11-20(31-4)21(16-18)32-5/h10-11,16-17,19H,6-9,12-15H2,1-5H3/t17-,19+/m1/s1. The number of piperidine rings is 1. The molecule has 0 spiro atoms. The van der Waals surface area contributed by atoms with E-state index in [9.17, 15) is 14.4 Å². The van der Waals surface area contributed by atoms with Crippen LogP contribution in [0.3, 0.4) is 0 Å². The second kappa shape index (κ2) is 10.4. The number of Topliss-reactive ketones (excluding diaryl/α,β-unsaturated/α-hetero) is 1. The van der Waals surface area contributed by atoms with Gasteiger partial charge in [-0.1, -0.05) is 20.8 Å². The van der Waals surface area contributed by atoms with Gasteiger partial charge >= 0.3 is 0 Å². The van der Waals surface area contributed by atoms with Gasteiger partial charge in [0.25, 0.3) is 5.91 Å². The number of carbonyl (C=O) groups is 3. The molecule has 1 aromatic carbocycles. The fraction of sp³-hybridized carbons (Fsp3) is 0.640. The number of ether oxygens (including phenoxy) is 3. The molecule has 0 aromatic heterocycles. The van der Waals surface area contributed by atoms with Crippen LogP contribution in [0.25, 0.3) is 0 Å². The van der Waals surface area contributed by atoms with Crippen molar-refractivity contribution in [1.82, 2.24) is 9.80 Å². The summed E-state index contributed by atoms with van der Waals surface area (Å²) in [6.45, 7) is 6.76. The number of carbonyl (C=O) groups excluding carboxylic acids is 3. The van der Waals surface area contributed by atoms with Gasteiger partial charge in [0.15, 0.2) is 11.5 Å². The Morgan fingerprint density at radius 3 is 2.48 bits per heavy atom. The van der Waals surface area contributed by atoms with E-state index in [1.807, 2.05) is 6.92 Å². The van der Waals surface area contributed by atoms with Gasteiger partial charge in [0.2, 0.25) is 11.7 Å². The summed E-state index contributed by atoms with van der Waals surface area (Å²) in [6, 6.07) is 4.66. The van der Waals surface area contributed by atoms with Crippen LogP contribution in [-0.4, -0.2) is 73.4 Å². The van der Waals surface area contributed by atoms with Gasteiger partial charge in [0.05, 0.1) is 20.8 Å². The average molecular weight is 461 g/mol. The van der Waals surface area contributed by atoms with Gasteiger partial charge < -0.3 is 24.0 Å². The van der Waals surface area contributed by atoms with E-state index in [1.165, 1.54) is 0 Å². The van der Waals surface area contributed by atoms with Crippen LogP contribution < -0.4 is 14.2 Å². The topological polar surface area (TPSA) is 85.4 Å². The van der Waals surface area contributed by atoms with Crippen LogP contribution in [0.5, 0.6) is 17.2 Å². The maximum Gasteiger partial charge on any atom is 0.291 e. The number of amides is 2. The highest BCUT2D eigenvalue weighted by Gasteiger charge is 2.46. The Hall–Kier alpha value is -2.77. The molecule has 0 N–H and O–H groups in total. The molecule has 2 saturated heterocycles. The zero-order chi connectivity index (χ0) is 24.2. The van der Waals surface area contributed by atoms with Crippen molar-refractivity contribution in [3.8, 4) is 17.2 Å². The van der Waals surface area contributed by atoms with Crippen molar-refractivity contribution in [2.75, 3.05) is 33.9 Å². The minimum atomic E-state index is -0.728. The Kier molecular flexibility index (Phi) is 7.87. The van der Waals surface area contributed by atoms with E-state index in [1.54, 1.807) is 56.1 Å². The fourth-order valence-corrected chi connectivity index (χ4v) is 4.51. The van der Waals surface area contributed by atoms with Crippen LogP contribution in [0.2, 0.25) is 0 Å². The Morgan fingerprint density at radius 1 is 1.09 bits per heavy atom. The molecular weight excluding hydrogens is 424 g/mol. The maximum atomic E-state index is 13.4. The van der Waals surface area contributed by atoms with Gasteiger partial charge in [-0.3, -0.25) is 14.4 Å². The van der Waals surface area contributed by atoms with Crippen LogP contribution in [-0.2, 0) is 14.4 Å². The molecule has 2 bridgehead atoms. The summed E-state index contributed by atoms with van der Waals surface area (Å²) in [7, 11) is 3.14. The van der Waals surface area contributed by atoms with Gasteiger partial charge in [0, 0.05) is 24.1 Å². The van der Waals surface area contributed by atoms with Gasteiger partial charge in [-0.25, -0.2) is 0 Å². The van der Waals surface area contributed by atoms with Gasteiger partial charge in [0.1, 0.15) is 18.4 Å². The normalized spacial score (nSPS) is 20.8. The first-order valence-corrected chi connectivity index (χ1v) is 11.7. The molecule has 2 amide bonds. The van der Waals surface area contributed by atoms with Crippen molar-refractivity contribution in [1.29, 1.82) is 0 Å². The van der Waals surface area contributed by atoms with Crippen LogP contribution in [0.4, 0.5) is 0 Å². The first-order valence-electron chi connectivity index (χ1n) is 11.7. The van der Waals surface area contributed by atoms with E-state index < -0.39 is 23.1 Å². The first kappa shape index (κ1) is 24.9. The molecule has 2 atom stereocenters. The number of methoxy groups -OCH3 is 2. The van der Waals surface area contributed by atoms with Gasteiger partial charge in [-0.2, -0.15) is 0 Å². The van der Waals surface area contributed by atoms with Crippen molar-refractivity contribution in [2.24, 2.45) is 5.41 Å². The van der Waals surface area contributed by atoms with E-state index >= 15 is 0 Å². The Labute approximate surface area is 196 Å². The largest absolute Gasteiger partial charge is 0.493 e.